The SMILES string of the molecule is Cc1cc(C)c2c(c1)[C@@H](C)C[C@@H]2N1C(=O)C=CC1=O. The number of amides is 2. The molecule has 0 spiro atoms. The van der Waals surface area contributed by atoms with Gasteiger partial charge in [0.05, 0.1) is 6.04 Å². The third-order valence-corrected chi connectivity index (χ3v) is 4.16. The summed E-state index contributed by atoms with van der Waals surface area (Å²) in [5.74, 6) is 0.0184. The zero-order valence-corrected chi connectivity index (χ0v) is 11.4. The zero-order chi connectivity index (χ0) is 13.7. The van der Waals surface area contributed by atoms with E-state index in [4.69, 9.17) is 0 Å². The lowest BCUT2D eigenvalue weighted by Gasteiger charge is -2.24. The molecule has 0 fully saturated rings. The Balaban J connectivity index is 2.10. The molecule has 0 aromatic heterocycles. The molecule has 3 nitrogen and oxygen atoms in total. The summed E-state index contributed by atoms with van der Waals surface area (Å²) in [6.45, 7) is 6.31. The van der Waals surface area contributed by atoms with E-state index in [9.17, 15) is 9.59 Å². The Morgan fingerprint density at radius 2 is 1.74 bits per heavy atom. The van der Waals surface area contributed by atoms with Crippen LogP contribution in [0.2, 0.25) is 0 Å². The molecule has 2 amide bonds. The molecule has 0 saturated heterocycles. The number of hydrogen-bond donors (Lipinski definition) is 0. The zero-order valence-electron chi connectivity index (χ0n) is 11.4. The van der Waals surface area contributed by atoms with Gasteiger partial charge in [0.1, 0.15) is 0 Å². The lowest BCUT2D eigenvalue weighted by molar-refractivity contribution is -0.139. The lowest BCUT2D eigenvalue weighted by atomic mass is 9.97. The topological polar surface area (TPSA) is 37.4 Å². The molecular weight excluding hydrogens is 238 g/mol. The minimum absolute atomic E-state index is 0.0967. The first-order valence-corrected chi connectivity index (χ1v) is 6.65. The molecule has 0 saturated carbocycles. The second-order valence-electron chi connectivity index (χ2n) is 5.62. The number of fused-ring (bicyclic) bond motifs is 1. The van der Waals surface area contributed by atoms with E-state index in [-0.39, 0.29) is 17.9 Å². The van der Waals surface area contributed by atoms with E-state index < -0.39 is 0 Å². The van der Waals surface area contributed by atoms with Gasteiger partial charge in [0.15, 0.2) is 0 Å². The van der Waals surface area contributed by atoms with Crippen LogP contribution >= 0.6 is 0 Å². The molecule has 1 heterocycles. The molecule has 3 heteroatoms. The van der Waals surface area contributed by atoms with Gasteiger partial charge in [-0.3, -0.25) is 14.5 Å². The van der Waals surface area contributed by atoms with Gasteiger partial charge in [-0.2, -0.15) is 0 Å². The standard InChI is InChI=1S/C16H17NO2/c1-9-6-11(3)16-12(7-9)10(2)8-13(16)17-14(18)4-5-15(17)19/h4-7,10,13H,8H2,1-3H3/t10-,13-/m0/s1. The largest absolute Gasteiger partial charge is 0.269 e. The van der Waals surface area contributed by atoms with Gasteiger partial charge in [-0.1, -0.05) is 24.6 Å². The number of carbonyl (C=O) groups is 2. The second kappa shape index (κ2) is 4.05. The van der Waals surface area contributed by atoms with Crippen molar-refractivity contribution in [3.05, 3.63) is 46.5 Å². The predicted octanol–water partition coefficient (Wildman–Crippen LogP) is 2.78. The third-order valence-electron chi connectivity index (χ3n) is 4.16. The highest BCUT2D eigenvalue weighted by atomic mass is 16.2. The molecule has 3 rings (SSSR count). The van der Waals surface area contributed by atoms with Crippen molar-refractivity contribution < 1.29 is 9.59 Å². The third kappa shape index (κ3) is 1.72. The summed E-state index contributed by atoms with van der Waals surface area (Å²) in [6.07, 6.45) is 3.57. The van der Waals surface area contributed by atoms with Crippen molar-refractivity contribution in [2.75, 3.05) is 0 Å². The van der Waals surface area contributed by atoms with Crippen molar-refractivity contribution in [2.45, 2.75) is 39.2 Å². The van der Waals surface area contributed by atoms with Gasteiger partial charge >= 0.3 is 0 Å². The molecule has 98 valence electrons. The van der Waals surface area contributed by atoms with Crippen molar-refractivity contribution in [3.63, 3.8) is 0 Å². The summed E-state index contributed by atoms with van der Waals surface area (Å²) in [5.41, 5.74) is 4.87. The summed E-state index contributed by atoms with van der Waals surface area (Å²) in [5, 5.41) is 0. The molecular formula is C16H17NO2. The van der Waals surface area contributed by atoms with E-state index in [2.05, 4.69) is 32.9 Å². The molecule has 1 aromatic rings. The number of hydrogen-bond acceptors (Lipinski definition) is 2. The minimum atomic E-state index is -0.185. The van der Waals surface area contributed by atoms with E-state index in [1.807, 2.05) is 0 Å². The van der Waals surface area contributed by atoms with Crippen LogP contribution in [0.3, 0.4) is 0 Å². The minimum Gasteiger partial charge on any atom is -0.269 e. The summed E-state index contributed by atoms with van der Waals surface area (Å²) in [6, 6.07) is 4.22. The quantitative estimate of drug-likeness (QED) is 0.724. The molecule has 1 aliphatic carbocycles. The molecule has 2 atom stereocenters. The van der Waals surface area contributed by atoms with E-state index in [1.165, 1.54) is 39.3 Å². The monoisotopic (exact) mass is 255 g/mol. The van der Waals surface area contributed by atoms with Crippen molar-refractivity contribution in [1.82, 2.24) is 4.90 Å². The summed E-state index contributed by atoms with van der Waals surface area (Å²) in [7, 11) is 0. The van der Waals surface area contributed by atoms with E-state index in [1.54, 1.807) is 0 Å². The van der Waals surface area contributed by atoms with Crippen LogP contribution in [-0.4, -0.2) is 16.7 Å². The fraction of sp³-hybridized carbons (Fsp3) is 0.375. The Morgan fingerprint density at radius 3 is 2.37 bits per heavy atom. The first kappa shape index (κ1) is 12.2. The fourth-order valence-corrected chi connectivity index (χ4v) is 3.41. The van der Waals surface area contributed by atoms with Crippen LogP contribution in [0.25, 0.3) is 0 Å². The van der Waals surface area contributed by atoms with Crippen molar-refractivity contribution in [3.8, 4) is 0 Å². The second-order valence-corrected chi connectivity index (χ2v) is 5.62. The summed E-state index contributed by atoms with van der Waals surface area (Å²) < 4.78 is 0. The number of carbonyl (C=O) groups excluding carboxylic acids is 2. The normalized spacial score (nSPS) is 25.3. The average molecular weight is 255 g/mol. The van der Waals surface area contributed by atoms with Crippen LogP contribution < -0.4 is 0 Å². The van der Waals surface area contributed by atoms with Crippen LogP contribution in [-0.2, 0) is 9.59 Å². The number of rotatable bonds is 1. The van der Waals surface area contributed by atoms with Gasteiger partial charge < -0.3 is 0 Å². The highest BCUT2D eigenvalue weighted by Crippen LogP contribution is 2.46. The first-order valence-electron chi connectivity index (χ1n) is 6.65. The summed E-state index contributed by atoms with van der Waals surface area (Å²) >= 11 is 0. The predicted molar refractivity (Wildman–Crippen MR) is 72.7 cm³/mol. The highest BCUT2D eigenvalue weighted by molar-refractivity contribution is 6.13. The Bertz CT molecular complexity index is 597. The van der Waals surface area contributed by atoms with E-state index in [0.717, 1.165) is 6.42 Å². The van der Waals surface area contributed by atoms with Gasteiger partial charge in [0.2, 0.25) is 0 Å². The molecule has 1 aliphatic heterocycles. The number of benzene rings is 1. The number of imide groups is 1. The van der Waals surface area contributed by atoms with Crippen LogP contribution in [0.15, 0.2) is 24.3 Å². The maximum atomic E-state index is 11.9. The van der Waals surface area contributed by atoms with Crippen molar-refractivity contribution in [1.29, 1.82) is 0 Å². The summed E-state index contributed by atoms with van der Waals surface area (Å²) in [4.78, 5) is 25.2. The molecule has 0 radical (unpaired) electrons. The number of nitrogens with zero attached hydrogens (tertiary/aromatic N) is 1. The van der Waals surface area contributed by atoms with Crippen LogP contribution in [0, 0.1) is 13.8 Å². The number of aryl methyl sites for hydroxylation is 2. The molecule has 0 unspecified atom stereocenters. The maximum Gasteiger partial charge on any atom is 0.254 e. The van der Waals surface area contributed by atoms with Crippen molar-refractivity contribution >= 4 is 11.8 Å². The Hall–Kier alpha value is -1.90. The molecule has 1 aromatic carbocycles. The van der Waals surface area contributed by atoms with Crippen molar-refractivity contribution in [2.24, 2.45) is 0 Å². The van der Waals surface area contributed by atoms with Gasteiger partial charge in [-0.25, -0.2) is 0 Å². The Labute approximate surface area is 112 Å². The average Bonchev–Trinajstić information content (AvgIpc) is 2.81. The highest BCUT2D eigenvalue weighted by Gasteiger charge is 2.39. The van der Waals surface area contributed by atoms with E-state index in [0.29, 0.717) is 5.92 Å². The molecule has 0 N–H and O–H groups in total. The van der Waals surface area contributed by atoms with Crippen LogP contribution in [0.5, 0.6) is 0 Å². The maximum absolute atomic E-state index is 11.9. The first-order chi connectivity index (χ1) is 8.99. The van der Waals surface area contributed by atoms with E-state index >= 15 is 0 Å². The smallest absolute Gasteiger partial charge is 0.254 e. The van der Waals surface area contributed by atoms with Crippen LogP contribution in [0.4, 0.5) is 0 Å². The van der Waals surface area contributed by atoms with Crippen LogP contribution in [0.1, 0.15) is 47.6 Å². The van der Waals surface area contributed by atoms with Gasteiger partial charge in [0.25, 0.3) is 11.8 Å². The fourth-order valence-electron chi connectivity index (χ4n) is 3.41. The Morgan fingerprint density at radius 1 is 1.11 bits per heavy atom. The molecule has 2 aliphatic rings. The molecule has 0 bridgehead atoms. The van der Waals surface area contributed by atoms with Gasteiger partial charge in [-0.15, -0.1) is 0 Å². The van der Waals surface area contributed by atoms with Gasteiger partial charge in [-0.05, 0) is 42.9 Å². The van der Waals surface area contributed by atoms with Gasteiger partial charge in [0, 0.05) is 12.2 Å². The lowest BCUT2D eigenvalue weighted by Crippen LogP contribution is -2.33. The Kier molecular flexibility index (Phi) is 2.59. The molecule has 19 heavy (non-hydrogen) atoms.